The lowest BCUT2D eigenvalue weighted by Crippen LogP contribution is -2.30. The smallest absolute Gasteiger partial charge is 0.242 e. The van der Waals surface area contributed by atoms with Gasteiger partial charge in [0, 0.05) is 20.2 Å². The molecule has 1 rings (SSSR count). The Bertz CT molecular complexity index is 638. The summed E-state index contributed by atoms with van der Waals surface area (Å²) in [5.41, 5.74) is 0. The Morgan fingerprint density at radius 1 is 1.10 bits per heavy atom. The molecule has 2 N–H and O–H groups in total. The largest absolute Gasteiger partial charge is 0.380 e. The van der Waals surface area contributed by atoms with E-state index in [1.165, 1.54) is 31.3 Å². The van der Waals surface area contributed by atoms with Gasteiger partial charge in [0.1, 0.15) is 0 Å². The van der Waals surface area contributed by atoms with Crippen LogP contribution in [0.15, 0.2) is 34.1 Å². The molecular weight excluding hydrogens is 304 g/mol. The average Bonchev–Trinajstić information content (AvgIpc) is 2.38. The third-order valence-electron chi connectivity index (χ3n) is 2.62. The first-order chi connectivity index (χ1) is 9.19. The molecule has 20 heavy (non-hydrogen) atoms. The topological polar surface area (TPSA) is 107 Å². The quantitative estimate of drug-likeness (QED) is 0.711. The summed E-state index contributed by atoms with van der Waals surface area (Å²) < 4.78 is 52.8. The Morgan fingerprint density at radius 3 is 2.05 bits per heavy atom. The maximum Gasteiger partial charge on any atom is 0.242 e. The minimum atomic E-state index is -3.83. The molecule has 0 radical (unpaired) electrons. The normalized spacial score (nSPS) is 12.8. The van der Waals surface area contributed by atoms with Crippen molar-refractivity contribution in [3.05, 3.63) is 24.3 Å². The predicted octanol–water partition coefficient (Wildman–Crippen LogP) is -0.00900. The Kier molecular flexibility index (Phi) is 5.66. The van der Waals surface area contributed by atoms with E-state index >= 15 is 0 Å². The van der Waals surface area contributed by atoms with Crippen molar-refractivity contribution in [2.45, 2.75) is 16.7 Å². The molecule has 0 aliphatic rings. The minimum absolute atomic E-state index is 0.00361. The summed E-state index contributed by atoms with van der Waals surface area (Å²) in [6, 6.07) is 4.76. The van der Waals surface area contributed by atoms with Gasteiger partial charge in [0.25, 0.3) is 0 Å². The molecule has 0 spiro atoms. The van der Waals surface area contributed by atoms with Crippen molar-refractivity contribution in [1.82, 2.24) is 4.31 Å². The molecule has 114 valence electrons. The zero-order chi connectivity index (χ0) is 15.4. The van der Waals surface area contributed by atoms with E-state index in [1.54, 1.807) is 0 Å². The monoisotopic (exact) mass is 322 g/mol. The van der Waals surface area contributed by atoms with Crippen LogP contribution in [0.1, 0.15) is 6.92 Å². The van der Waals surface area contributed by atoms with Gasteiger partial charge in [-0.1, -0.05) is 0 Å². The molecule has 0 heterocycles. The molecule has 1 aromatic carbocycles. The van der Waals surface area contributed by atoms with Crippen molar-refractivity contribution in [1.29, 1.82) is 0 Å². The van der Waals surface area contributed by atoms with E-state index in [-0.39, 0.29) is 16.3 Å². The van der Waals surface area contributed by atoms with Crippen LogP contribution in [-0.4, -0.2) is 47.9 Å². The fourth-order valence-corrected chi connectivity index (χ4v) is 3.11. The minimum Gasteiger partial charge on any atom is -0.380 e. The first-order valence-electron chi connectivity index (χ1n) is 5.86. The second kappa shape index (κ2) is 6.64. The van der Waals surface area contributed by atoms with Crippen LogP contribution < -0.4 is 5.14 Å². The zero-order valence-electron chi connectivity index (χ0n) is 11.3. The molecule has 0 fully saturated rings. The second-order valence-corrected chi connectivity index (χ2v) is 7.65. The van der Waals surface area contributed by atoms with Gasteiger partial charge in [0.15, 0.2) is 0 Å². The van der Waals surface area contributed by atoms with Crippen LogP contribution in [0.25, 0.3) is 0 Å². The van der Waals surface area contributed by atoms with Crippen molar-refractivity contribution in [2.75, 3.05) is 26.8 Å². The van der Waals surface area contributed by atoms with E-state index in [4.69, 9.17) is 9.88 Å². The number of primary sulfonamides is 1. The van der Waals surface area contributed by atoms with E-state index in [1.807, 2.05) is 6.92 Å². The van der Waals surface area contributed by atoms with Gasteiger partial charge in [0.05, 0.1) is 16.4 Å². The Morgan fingerprint density at radius 2 is 1.60 bits per heavy atom. The van der Waals surface area contributed by atoms with Gasteiger partial charge in [-0.05, 0) is 31.2 Å². The number of sulfonamides is 2. The Labute approximate surface area is 119 Å². The lowest BCUT2D eigenvalue weighted by molar-refractivity contribution is 0.138. The number of ether oxygens (including phenoxy) is 1. The standard InChI is InChI=1S/C11H18N2O5S2/c1-3-18-9-8-13(2)20(16,17)11-6-4-10(5-7-11)19(12,14)15/h4-7H,3,8-9H2,1-2H3,(H2,12,14,15). The van der Waals surface area contributed by atoms with Gasteiger partial charge in [-0.3, -0.25) is 0 Å². The van der Waals surface area contributed by atoms with Crippen LogP contribution in [0.2, 0.25) is 0 Å². The number of nitrogens with zero attached hydrogens (tertiary/aromatic N) is 1. The van der Waals surface area contributed by atoms with Crippen molar-refractivity contribution in [2.24, 2.45) is 5.14 Å². The van der Waals surface area contributed by atoms with Crippen LogP contribution in [0.3, 0.4) is 0 Å². The number of benzene rings is 1. The van der Waals surface area contributed by atoms with E-state index < -0.39 is 20.0 Å². The summed E-state index contributed by atoms with van der Waals surface area (Å²) in [5.74, 6) is 0. The fraction of sp³-hybridized carbons (Fsp3) is 0.455. The number of hydrogen-bond acceptors (Lipinski definition) is 5. The van der Waals surface area contributed by atoms with Crippen LogP contribution in [0, 0.1) is 0 Å². The molecule has 0 amide bonds. The number of rotatable bonds is 7. The molecular formula is C11H18N2O5S2. The number of hydrogen-bond donors (Lipinski definition) is 1. The second-order valence-electron chi connectivity index (χ2n) is 4.04. The molecule has 9 heteroatoms. The lowest BCUT2D eigenvalue weighted by Gasteiger charge is -2.17. The first-order valence-corrected chi connectivity index (χ1v) is 8.85. The molecule has 0 aliphatic heterocycles. The molecule has 0 unspecified atom stereocenters. The molecule has 0 saturated heterocycles. The third-order valence-corrected chi connectivity index (χ3v) is 5.42. The molecule has 0 aromatic heterocycles. The highest BCUT2D eigenvalue weighted by atomic mass is 32.2. The summed E-state index contributed by atoms with van der Waals surface area (Å²) in [4.78, 5) is -0.127. The van der Waals surface area contributed by atoms with Crippen molar-refractivity contribution >= 4 is 20.0 Å². The average molecular weight is 322 g/mol. The molecule has 7 nitrogen and oxygen atoms in total. The van der Waals surface area contributed by atoms with Crippen molar-refractivity contribution in [3.8, 4) is 0 Å². The Balaban J connectivity index is 2.93. The molecule has 0 bridgehead atoms. The zero-order valence-corrected chi connectivity index (χ0v) is 12.9. The van der Waals surface area contributed by atoms with Crippen molar-refractivity contribution < 1.29 is 21.6 Å². The summed E-state index contributed by atoms with van der Waals surface area (Å²) in [7, 11) is -6.06. The molecule has 1 aromatic rings. The third kappa shape index (κ3) is 4.25. The highest BCUT2D eigenvalue weighted by molar-refractivity contribution is 7.89. The van der Waals surface area contributed by atoms with Crippen LogP contribution in [0.5, 0.6) is 0 Å². The number of nitrogens with two attached hydrogens (primary N) is 1. The summed E-state index contributed by atoms with van der Waals surface area (Å²) in [6.07, 6.45) is 0. The SMILES string of the molecule is CCOCCN(C)S(=O)(=O)c1ccc(S(N)(=O)=O)cc1. The van der Waals surface area contributed by atoms with E-state index in [0.717, 1.165) is 4.31 Å². The fourth-order valence-electron chi connectivity index (χ4n) is 1.44. The van der Waals surface area contributed by atoms with Gasteiger partial charge >= 0.3 is 0 Å². The predicted molar refractivity (Wildman–Crippen MR) is 74.1 cm³/mol. The van der Waals surface area contributed by atoms with E-state index in [0.29, 0.717) is 13.2 Å². The summed E-state index contributed by atoms with van der Waals surface area (Å²) in [6.45, 7) is 2.84. The highest BCUT2D eigenvalue weighted by Gasteiger charge is 2.21. The summed E-state index contributed by atoms with van der Waals surface area (Å²) in [5, 5.41) is 4.95. The molecule has 0 saturated carbocycles. The highest BCUT2D eigenvalue weighted by Crippen LogP contribution is 2.16. The first kappa shape index (κ1) is 17.1. The molecule has 0 atom stereocenters. The van der Waals surface area contributed by atoms with Gasteiger partial charge < -0.3 is 4.74 Å². The molecule has 0 aliphatic carbocycles. The van der Waals surface area contributed by atoms with E-state index in [2.05, 4.69) is 0 Å². The van der Waals surface area contributed by atoms with Crippen LogP contribution in [-0.2, 0) is 24.8 Å². The van der Waals surface area contributed by atoms with Gasteiger partial charge in [0.2, 0.25) is 20.0 Å². The summed E-state index contributed by atoms with van der Waals surface area (Å²) >= 11 is 0. The van der Waals surface area contributed by atoms with Gasteiger partial charge in [-0.25, -0.2) is 22.0 Å². The van der Waals surface area contributed by atoms with Crippen molar-refractivity contribution in [3.63, 3.8) is 0 Å². The number of likely N-dealkylation sites (N-methyl/N-ethyl adjacent to an activating group) is 1. The maximum atomic E-state index is 12.2. The van der Waals surface area contributed by atoms with Gasteiger partial charge in [-0.2, -0.15) is 4.31 Å². The van der Waals surface area contributed by atoms with Crippen LogP contribution >= 0.6 is 0 Å². The van der Waals surface area contributed by atoms with E-state index in [9.17, 15) is 16.8 Å². The van der Waals surface area contributed by atoms with Crippen LogP contribution in [0.4, 0.5) is 0 Å². The Hall–Kier alpha value is -1.00. The lowest BCUT2D eigenvalue weighted by atomic mass is 10.4. The maximum absolute atomic E-state index is 12.2. The van der Waals surface area contributed by atoms with Gasteiger partial charge in [-0.15, -0.1) is 0 Å².